The second kappa shape index (κ2) is 9.82. The molecule has 2 aromatic rings. The summed E-state index contributed by atoms with van der Waals surface area (Å²) in [5.74, 6) is 0. The van der Waals surface area contributed by atoms with Crippen molar-refractivity contribution >= 4 is 23.3 Å². The number of aryl methyl sites for hydroxylation is 2. The first-order valence-electron chi connectivity index (χ1n) is 9.04. The third-order valence-electron chi connectivity index (χ3n) is 4.03. The van der Waals surface area contributed by atoms with Crippen LogP contribution in [0.1, 0.15) is 51.2 Å². The van der Waals surface area contributed by atoms with Gasteiger partial charge in [-0.25, -0.2) is 0 Å². The monoisotopic (exact) mass is 320 g/mol. The van der Waals surface area contributed by atoms with Crippen LogP contribution in [0.5, 0.6) is 0 Å². The molecule has 126 valence electrons. The summed E-state index contributed by atoms with van der Waals surface area (Å²) in [7, 11) is 0. The van der Waals surface area contributed by atoms with Crippen LogP contribution < -0.4 is 0 Å². The lowest BCUT2D eigenvalue weighted by Crippen LogP contribution is -1.99. The molecule has 0 aliphatic carbocycles. The quantitative estimate of drug-likeness (QED) is 0.497. The van der Waals surface area contributed by atoms with Crippen LogP contribution in [-0.2, 0) is 12.8 Å². The molecular formula is C22H28N2. The fraction of sp³-hybridized carbons (Fsp3) is 0.364. The van der Waals surface area contributed by atoms with E-state index in [1.165, 1.54) is 11.1 Å². The molecule has 0 aliphatic rings. The number of hydrogen-bond acceptors (Lipinski definition) is 2. The summed E-state index contributed by atoms with van der Waals surface area (Å²) >= 11 is 0. The van der Waals surface area contributed by atoms with E-state index in [-0.39, 0.29) is 0 Å². The number of rotatable bonds is 8. The van der Waals surface area contributed by atoms with E-state index in [0.29, 0.717) is 0 Å². The van der Waals surface area contributed by atoms with Crippen LogP contribution in [-0.4, -0.2) is 11.9 Å². The zero-order valence-corrected chi connectivity index (χ0v) is 15.1. The van der Waals surface area contributed by atoms with Gasteiger partial charge in [0.15, 0.2) is 0 Å². The fourth-order valence-corrected chi connectivity index (χ4v) is 2.55. The molecule has 2 nitrogen and oxygen atoms in total. The number of para-hydroxylation sites is 1. The van der Waals surface area contributed by atoms with Gasteiger partial charge in [0.05, 0.1) is 17.1 Å². The first-order valence-corrected chi connectivity index (χ1v) is 9.04. The van der Waals surface area contributed by atoms with Gasteiger partial charge in [-0.15, -0.1) is 0 Å². The highest BCUT2D eigenvalue weighted by Crippen LogP contribution is 2.20. The molecule has 0 unspecified atom stereocenters. The van der Waals surface area contributed by atoms with Gasteiger partial charge in [-0.05, 0) is 61.1 Å². The molecular weight excluding hydrogens is 292 g/mol. The first-order chi connectivity index (χ1) is 11.7. The zero-order valence-electron chi connectivity index (χ0n) is 15.1. The number of nitrogens with zero attached hydrogens (tertiary/aromatic N) is 2. The van der Waals surface area contributed by atoms with Gasteiger partial charge in [0.25, 0.3) is 0 Å². The topological polar surface area (TPSA) is 24.7 Å². The van der Waals surface area contributed by atoms with E-state index in [0.717, 1.165) is 49.2 Å². The van der Waals surface area contributed by atoms with Gasteiger partial charge in [0.1, 0.15) is 0 Å². The Morgan fingerprint density at radius 3 is 2.12 bits per heavy atom. The largest absolute Gasteiger partial charge is 0.255 e. The van der Waals surface area contributed by atoms with Gasteiger partial charge < -0.3 is 0 Å². The lowest BCUT2D eigenvalue weighted by Gasteiger charge is -2.06. The molecule has 0 aromatic heterocycles. The van der Waals surface area contributed by atoms with E-state index in [1.54, 1.807) is 0 Å². The van der Waals surface area contributed by atoms with E-state index in [2.05, 4.69) is 44.0 Å². The maximum atomic E-state index is 4.90. The normalized spacial score (nSPS) is 12.0. The van der Waals surface area contributed by atoms with Crippen LogP contribution in [0.4, 0.5) is 11.4 Å². The smallest absolute Gasteiger partial charge is 0.0639 e. The van der Waals surface area contributed by atoms with Crippen molar-refractivity contribution in [2.45, 2.75) is 52.9 Å². The van der Waals surface area contributed by atoms with E-state index < -0.39 is 0 Å². The molecule has 0 atom stereocenters. The van der Waals surface area contributed by atoms with Crippen LogP contribution in [0, 0.1) is 0 Å². The van der Waals surface area contributed by atoms with Crippen molar-refractivity contribution in [2.24, 2.45) is 9.98 Å². The van der Waals surface area contributed by atoms with Crippen molar-refractivity contribution in [3.63, 3.8) is 0 Å². The van der Waals surface area contributed by atoms with Gasteiger partial charge in [-0.2, -0.15) is 0 Å². The minimum Gasteiger partial charge on any atom is -0.255 e. The highest BCUT2D eigenvalue weighted by Gasteiger charge is 2.01. The van der Waals surface area contributed by atoms with Gasteiger partial charge in [-0.1, -0.05) is 51.5 Å². The average molecular weight is 320 g/mol. The first kappa shape index (κ1) is 18.1. The minimum atomic E-state index is 0.963. The SMILES string of the molecule is CCCCC(C=Nc1ccccc1)=Nc1cc(CC)cc(CC)c1. The Balaban J connectivity index is 2.29. The molecule has 0 N–H and O–H groups in total. The molecule has 0 fully saturated rings. The van der Waals surface area contributed by atoms with Gasteiger partial charge in [0.2, 0.25) is 0 Å². The van der Waals surface area contributed by atoms with Crippen molar-refractivity contribution in [2.75, 3.05) is 0 Å². The molecule has 0 amide bonds. The molecule has 0 heterocycles. The van der Waals surface area contributed by atoms with E-state index in [1.807, 2.05) is 36.5 Å². The Labute approximate surface area is 146 Å². The van der Waals surface area contributed by atoms with Crippen LogP contribution in [0.3, 0.4) is 0 Å². The minimum absolute atomic E-state index is 0.963. The lowest BCUT2D eigenvalue weighted by molar-refractivity contribution is 0.839. The van der Waals surface area contributed by atoms with Crippen LogP contribution in [0.15, 0.2) is 58.5 Å². The van der Waals surface area contributed by atoms with E-state index in [9.17, 15) is 0 Å². The third-order valence-corrected chi connectivity index (χ3v) is 4.03. The number of benzene rings is 2. The van der Waals surface area contributed by atoms with Crippen molar-refractivity contribution in [3.05, 3.63) is 59.7 Å². The summed E-state index contributed by atoms with van der Waals surface area (Å²) in [6, 6.07) is 16.7. The third kappa shape index (κ3) is 5.77. The van der Waals surface area contributed by atoms with Crippen molar-refractivity contribution in [1.82, 2.24) is 0 Å². The van der Waals surface area contributed by atoms with Gasteiger partial charge in [0, 0.05) is 6.21 Å². The number of unbranched alkanes of at least 4 members (excludes halogenated alkanes) is 1. The molecule has 0 saturated heterocycles. The molecule has 0 saturated carbocycles. The molecule has 2 heteroatoms. The maximum Gasteiger partial charge on any atom is 0.0639 e. The molecule has 0 aliphatic heterocycles. The summed E-state index contributed by atoms with van der Waals surface area (Å²) < 4.78 is 0. The molecule has 24 heavy (non-hydrogen) atoms. The molecule has 0 spiro atoms. The zero-order chi connectivity index (χ0) is 17.2. The van der Waals surface area contributed by atoms with Crippen molar-refractivity contribution in [3.8, 4) is 0 Å². The number of hydrogen-bond donors (Lipinski definition) is 0. The second-order valence-electron chi connectivity index (χ2n) is 6.02. The standard InChI is InChI=1S/C22H28N2/c1-4-7-11-21(17-23-20-12-9-8-10-13-20)24-22-15-18(5-2)14-19(6-3)16-22/h8-10,12-17H,4-7,11H2,1-3H3. The molecule has 0 radical (unpaired) electrons. The maximum absolute atomic E-state index is 4.90. The summed E-state index contributed by atoms with van der Waals surface area (Å²) in [5.41, 5.74) is 5.77. The van der Waals surface area contributed by atoms with E-state index in [4.69, 9.17) is 4.99 Å². The van der Waals surface area contributed by atoms with Crippen LogP contribution >= 0.6 is 0 Å². The van der Waals surface area contributed by atoms with Crippen LogP contribution in [0.25, 0.3) is 0 Å². The summed E-state index contributed by atoms with van der Waals surface area (Å²) in [6.07, 6.45) is 7.26. The Hall–Kier alpha value is -2.22. The van der Waals surface area contributed by atoms with Gasteiger partial charge in [-0.3, -0.25) is 9.98 Å². The molecule has 0 bridgehead atoms. The highest BCUT2D eigenvalue weighted by molar-refractivity contribution is 6.31. The number of aliphatic imine (C=N–C) groups is 2. The Morgan fingerprint density at radius 2 is 1.54 bits per heavy atom. The predicted octanol–water partition coefficient (Wildman–Crippen LogP) is 6.48. The molecule has 2 rings (SSSR count). The Kier molecular flexibility index (Phi) is 7.41. The Morgan fingerprint density at radius 1 is 0.875 bits per heavy atom. The van der Waals surface area contributed by atoms with Crippen LogP contribution in [0.2, 0.25) is 0 Å². The Bertz CT molecular complexity index is 662. The summed E-state index contributed by atoms with van der Waals surface area (Å²) in [4.78, 5) is 9.48. The van der Waals surface area contributed by atoms with Crippen molar-refractivity contribution < 1.29 is 0 Å². The fourth-order valence-electron chi connectivity index (χ4n) is 2.55. The predicted molar refractivity (Wildman–Crippen MR) is 106 cm³/mol. The highest BCUT2D eigenvalue weighted by atomic mass is 14.8. The second-order valence-corrected chi connectivity index (χ2v) is 6.02. The van der Waals surface area contributed by atoms with Crippen molar-refractivity contribution in [1.29, 1.82) is 0 Å². The molecule has 2 aromatic carbocycles. The van der Waals surface area contributed by atoms with E-state index >= 15 is 0 Å². The summed E-state index contributed by atoms with van der Waals surface area (Å²) in [6.45, 7) is 6.59. The lowest BCUT2D eigenvalue weighted by atomic mass is 10.1. The van der Waals surface area contributed by atoms with Gasteiger partial charge >= 0.3 is 0 Å². The summed E-state index contributed by atoms with van der Waals surface area (Å²) in [5, 5.41) is 0. The average Bonchev–Trinajstić information content (AvgIpc) is 2.64.